The van der Waals surface area contributed by atoms with Crippen molar-refractivity contribution in [1.29, 1.82) is 0 Å². The maximum absolute atomic E-state index is 12.7. The van der Waals surface area contributed by atoms with Gasteiger partial charge in [0.05, 0.1) is 19.1 Å². The van der Waals surface area contributed by atoms with E-state index in [1.54, 1.807) is 36.4 Å². The lowest BCUT2D eigenvalue weighted by Crippen LogP contribution is -1.96. The molecular formula is C21H19NO6. The molecule has 0 radical (unpaired) electrons. The van der Waals surface area contributed by atoms with Crippen molar-refractivity contribution in [3.8, 4) is 17.2 Å². The number of hydrogen-bond acceptors (Lipinski definition) is 6. The van der Waals surface area contributed by atoms with E-state index < -0.39 is 4.92 Å². The Morgan fingerprint density at radius 3 is 2.11 bits per heavy atom. The van der Waals surface area contributed by atoms with Gasteiger partial charge in [0.2, 0.25) is 5.75 Å². The molecule has 0 atom stereocenters. The van der Waals surface area contributed by atoms with Crippen molar-refractivity contribution in [3.63, 3.8) is 0 Å². The fourth-order valence-corrected chi connectivity index (χ4v) is 3.11. The maximum Gasteiger partial charge on any atom is 0.270 e. The number of phenolic OH excluding ortho intramolecular Hbond substituents is 1. The minimum Gasteiger partial charge on any atom is -0.502 e. The standard InChI is InChI=1S/C21H19NO6/c1-27-18-11-14(12-19(28-2)21(18)24)9-16-7-6-15(20(16)23)8-13-4-3-5-17(10-13)22(25)26/h3-5,8-12,24H,6-7H2,1-2H3/b15-8+,16-9+. The first-order chi connectivity index (χ1) is 13.4. The number of nitro benzene ring substituents is 1. The predicted molar refractivity (Wildman–Crippen MR) is 105 cm³/mol. The summed E-state index contributed by atoms with van der Waals surface area (Å²) in [5, 5.41) is 20.9. The average molecular weight is 381 g/mol. The molecule has 0 saturated heterocycles. The zero-order valence-corrected chi connectivity index (χ0v) is 15.5. The van der Waals surface area contributed by atoms with Crippen LogP contribution in [0.3, 0.4) is 0 Å². The van der Waals surface area contributed by atoms with Crippen molar-refractivity contribution in [2.24, 2.45) is 0 Å². The second kappa shape index (κ2) is 7.96. The molecule has 1 fully saturated rings. The highest BCUT2D eigenvalue weighted by molar-refractivity contribution is 6.15. The van der Waals surface area contributed by atoms with Crippen LogP contribution >= 0.6 is 0 Å². The smallest absolute Gasteiger partial charge is 0.270 e. The number of carbonyl (C=O) groups excluding carboxylic acids is 1. The molecule has 7 nitrogen and oxygen atoms in total. The Bertz CT molecular complexity index is 981. The number of non-ortho nitro benzene ring substituents is 1. The third-order valence-electron chi connectivity index (χ3n) is 4.51. The summed E-state index contributed by atoms with van der Waals surface area (Å²) in [6.45, 7) is 0. The molecule has 0 aliphatic heterocycles. The minimum atomic E-state index is -0.463. The van der Waals surface area contributed by atoms with Crippen LogP contribution in [0.4, 0.5) is 5.69 Å². The number of Topliss-reactive ketones (excluding diaryl/α,β-unsaturated/α-hetero) is 1. The molecule has 1 saturated carbocycles. The molecule has 0 heterocycles. The maximum atomic E-state index is 12.7. The monoisotopic (exact) mass is 381 g/mol. The SMILES string of the molecule is COc1cc(/C=C2\CC/C(=C\c3cccc([N+](=O)[O-])c3)C2=O)cc(OC)c1O. The van der Waals surface area contributed by atoms with Crippen LogP contribution in [0.25, 0.3) is 12.2 Å². The van der Waals surface area contributed by atoms with E-state index in [9.17, 15) is 20.0 Å². The van der Waals surface area contributed by atoms with Gasteiger partial charge in [0, 0.05) is 23.3 Å². The number of benzene rings is 2. The number of rotatable bonds is 5. The Labute approximate surface area is 161 Å². The Hall–Kier alpha value is -3.61. The van der Waals surface area contributed by atoms with Gasteiger partial charge in [-0.1, -0.05) is 12.1 Å². The van der Waals surface area contributed by atoms with E-state index in [0.717, 1.165) is 0 Å². The van der Waals surface area contributed by atoms with Crippen LogP contribution in [-0.4, -0.2) is 30.0 Å². The Morgan fingerprint density at radius 2 is 1.57 bits per heavy atom. The quantitative estimate of drug-likeness (QED) is 0.475. The number of methoxy groups -OCH3 is 2. The Balaban J connectivity index is 1.90. The topological polar surface area (TPSA) is 98.9 Å². The molecule has 0 bridgehead atoms. The number of phenols is 1. The second-order valence-corrected chi connectivity index (χ2v) is 6.29. The fourth-order valence-electron chi connectivity index (χ4n) is 3.11. The molecular weight excluding hydrogens is 362 g/mol. The lowest BCUT2D eigenvalue weighted by atomic mass is 10.1. The molecule has 28 heavy (non-hydrogen) atoms. The molecule has 0 unspecified atom stereocenters. The van der Waals surface area contributed by atoms with Gasteiger partial charge in [-0.05, 0) is 48.3 Å². The molecule has 1 N–H and O–H groups in total. The lowest BCUT2D eigenvalue weighted by Gasteiger charge is -2.09. The first kappa shape index (κ1) is 19.2. The number of allylic oxidation sites excluding steroid dienone is 2. The highest BCUT2D eigenvalue weighted by Gasteiger charge is 2.23. The van der Waals surface area contributed by atoms with E-state index in [1.807, 2.05) is 0 Å². The summed E-state index contributed by atoms with van der Waals surface area (Å²) in [5.41, 5.74) is 2.49. The van der Waals surface area contributed by atoms with Gasteiger partial charge >= 0.3 is 0 Å². The third kappa shape index (κ3) is 3.88. The number of hydrogen-bond donors (Lipinski definition) is 1. The summed E-state index contributed by atoms with van der Waals surface area (Å²) in [6.07, 6.45) is 4.54. The van der Waals surface area contributed by atoms with Crippen molar-refractivity contribution in [2.45, 2.75) is 12.8 Å². The van der Waals surface area contributed by atoms with Gasteiger partial charge in [-0.15, -0.1) is 0 Å². The number of ether oxygens (including phenoxy) is 2. The van der Waals surface area contributed by atoms with Crippen molar-refractivity contribution in [3.05, 3.63) is 68.8 Å². The van der Waals surface area contributed by atoms with Crippen LogP contribution < -0.4 is 9.47 Å². The summed E-state index contributed by atoms with van der Waals surface area (Å²) in [5.74, 6) is 0.307. The van der Waals surface area contributed by atoms with E-state index in [4.69, 9.17) is 9.47 Å². The summed E-state index contributed by atoms with van der Waals surface area (Å²) >= 11 is 0. The molecule has 1 aliphatic carbocycles. The zero-order chi connectivity index (χ0) is 20.3. The normalized spacial score (nSPS) is 16.6. The number of ketones is 1. The van der Waals surface area contributed by atoms with Gasteiger partial charge in [0.25, 0.3) is 5.69 Å². The number of nitrogens with zero attached hydrogens (tertiary/aromatic N) is 1. The molecule has 0 aromatic heterocycles. The summed E-state index contributed by atoms with van der Waals surface area (Å²) in [7, 11) is 2.87. The first-order valence-electron chi connectivity index (χ1n) is 8.58. The second-order valence-electron chi connectivity index (χ2n) is 6.29. The number of carbonyl (C=O) groups is 1. The van der Waals surface area contributed by atoms with Gasteiger partial charge in [-0.3, -0.25) is 14.9 Å². The largest absolute Gasteiger partial charge is 0.502 e. The van der Waals surface area contributed by atoms with Gasteiger partial charge in [0.15, 0.2) is 17.3 Å². The van der Waals surface area contributed by atoms with Crippen molar-refractivity contribution in [1.82, 2.24) is 0 Å². The summed E-state index contributed by atoms with van der Waals surface area (Å²) in [4.78, 5) is 23.2. The van der Waals surface area contributed by atoms with Crippen molar-refractivity contribution >= 4 is 23.6 Å². The van der Waals surface area contributed by atoms with Gasteiger partial charge in [-0.25, -0.2) is 0 Å². The average Bonchev–Trinajstić information content (AvgIpc) is 3.02. The van der Waals surface area contributed by atoms with Crippen LogP contribution in [-0.2, 0) is 4.79 Å². The van der Waals surface area contributed by atoms with Crippen LogP contribution in [0, 0.1) is 10.1 Å². The zero-order valence-electron chi connectivity index (χ0n) is 15.5. The summed E-state index contributed by atoms with van der Waals surface area (Å²) in [6, 6.07) is 9.42. The van der Waals surface area contributed by atoms with Gasteiger partial charge in [-0.2, -0.15) is 0 Å². The van der Waals surface area contributed by atoms with Crippen LogP contribution in [0.15, 0.2) is 47.5 Å². The molecule has 2 aromatic carbocycles. The van der Waals surface area contributed by atoms with Crippen LogP contribution in [0.2, 0.25) is 0 Å². The highest BCUT2D eigenvalue weighted by atomic mass is 16.6. The van der Waals surface area contributed by atoms with Gasteiger partial charge < -0.3 is 14.6 Å². The molecule has 3 rings (SSSR count). The molecule has 2 aromatic rings. The van der Waals surface area contributed by atoms with Gasteiger partial charge in [0.1, 0.15) is 0 Å². The summed E-state index contributed by atoms with van der Waals surface area (Å²) < 4.78 is 10.3. The molecule has 1 aliphatic rings. The molecule has 7 heteroatoms. The minimum absolute atomic E-state index is 0.0150. The third-order valence-corrected chi connectivity index (χ3v) is 4.51. The molecule has 144 valence electrons. The number of nitro groups is 1. The molecule has 0 spiro atoms. The van der Waals surface area contributed by atoms with Crippen molar-refractivity contribution < 1.29 is 24.3 Å². The first-order valence-corrected chi connectivity index (χ1v) is 8.58. The highest BCUT2D eigenvalue weighted by Crippen LogP contribution is 2.38. The van der Waals surface area contributed by atoms with Crippen LogP contribution in [0.1, 0.15) is 24.0 Å². The Kier molecular flexibility index (Phi) is 5.44. The lowest BCUT2D eigenvalue weighted by molar-refractivity contribution is -0.384. The van der Waals surface area contributed by atoms with E-state index in [2.05, 4.69) is 0 Å². The van der Waals surface area contributed by atoms with E-state index in [0.29, 0.717) is 35.1 Å². The van der Waals surface area contributed by atoms with Crippen molar-refractivity contribution in [2.75, 3.05) is 14.2 Å². The van der Waals surface area contributed by atoms with Crippen LogP contribution in [0.5, 0.6) is 17.2 Å². The van der Waals surface area contributed by atoms with E-state index >= 15 is 0 Å². The van der Waals surface area contributed by atoms with E-state index in [-0.39, 0.29) is 28.7 Å². The predicted octanol–water partition coefficient (Wildman–Crippen LogP) is 4.15. The molecule has 0 amide bonds. The fraction of sp³-hybridized carbons (Fsp3) is 0.190. The van der Waals surface area contributed by atoms with E-state index in [1.165, 1.54) is 26.4 Å². The number of aromatic hydroxyl groups is 1. The Morgan fingerprint density at radius 1 is 1.00 bits per heavy atom.